The molecular formula is C14H24N2O. The summed E-state index contributed by atoms with van der Waals surface area (Å²) in [5.41, 5.74) is 7.75. The predicted molar refractivity (Wildman–Crippen MR) is 73.2 cm³/mol. The van der Waals surface area contributed by atoms with E-state index >= 15 is 0 Å². The molecule has 0 spiro atoms. The zero-order valence-corrected chi connectivity index (χ0v) is 11.4. The fraction of sp³-hybridized carbons (Fsp3) is 0.571. The van der Waals surface area contributed by atoms with Crippen LogP contribution in [0, 0.1) is 5.92 Å². The van der Waals surface area contributed by atoms with Gasteiger partial charge in [-0.15, -0.1) is 0 Å². The summed E-state index contributed by atoms with van der Waals surface area (Å²) in [5.74, 6) is 1.63. The molecule has 0 saturated carbocycles. The van der Waals surface area contributed by atoms with E-state index in [1.54, 1.807) is 7.11 Å². The largest absolute Gasteiger partial charge is 0.496 e. The van der Waals surface area contributed by atoms with E-state index in [-0.39, 0.29) is 0 Å². The SMILES string of the molecule is CCC(C)CN(C)Cc1cc(N)ccc1OC. The number of hydrogen-bond donors (Lipinski definition) is 1. The van der Waals surface area contributed by atoms with Gasteiger partial charge in [0.1, 0.15) is 5.75 Å². The van der Waals surface area contributed by atoms with Gasteiger partial charge in [-0.05, 0) is 31.2 Å². The van der Waals surface area contributed by atoms with Crippen LogP contribution < -0.4 is 10.5 Å². The molecule has 17 heavy (non-hydrogen) atoms. The molecule has 1 atom stereocenters. The quantitative estimate of drug-likeness (QED) is 0.772. The molecule has 0 fully saturated rings. The van der Waals surface area contributed by atoms with Crippen molar-refractivity contribution in [2.75, 3.05) is 26.4 Å². The smallest absolute Gasteiger partial charge is 0.123 e. The number of methoxy groups -OCH3 is 1. The minimum atomic E-state index is 0.715. The zero-order chi connectivity index (χ0) is 12.8. The third-order valence-corrected chi connectivity index (χ3v) is 3.06. The van der Waals surface area contributed by atoms with Crippen LogP contribution in [0.1, 0.15) is 25.8 Å². The molecule has 0 heterocycles. The first-order valence-corrected chi connectivity index (χ1v) is 6.17. The average Bonchev–Trinajstić information content (AvgIpc) is 2.29. The van der Waals surface area contributed by atoms with Crippen molar-refractivity contribution in [3.8, 4) is 5.75 Å². The summed E-state index contributed by atoms with van der Waals surface area (Å²) in [6.45, 7) is 6.46. The molecule has 0 saturated heterocycles. The molecule has 1 rings (SSSR count). The van der Waals surface area contributed by atoms with Crippen LogP contribution in [0.3, 0.4) is 0 Å². The highest BCUT2D eigenvalue weighted by Crippen LogP contribution is 2.22. The van der Waals surface area contributed by atoms with Crippen LogP contribution in [0.25, 0.3) is 0 Å². The zero-order valence-electron chi connectivity index (χ0n) is 11.4. The Hall–Kier alpha value is -1.22. The minimum absolute atomic E-state index is 0.715. The Morgan fingerprint density at radius 3 is 2.71 bits per heavy atom. The van der Waals surface area contributed by atoms with Gasteiger partial charge in [0.05, 0.1) is 7.11 Å². The Balaban J connectivity index is 2.69. The number of benzene rings is 1. The lowest BCUT2D eigenvalue weighted by Gasteiger charge is -2.21. The lowest BCUT2D eigenvalue weighted by atomic mass is 10.1. The van der Waals surface area contributed by atoms with Crippen LogP contribution in [-0.2, 0) is 6.54 Å². The van der Waals surface area contributed by atoms with E-state index in [4.69, 9.17) is 10.5 Å². The van der Waals surface area contributed by atoms with Gasteiger partial charge >= 0.3 is 0 Å². The van der Waals surface area contributed by atoms with Crippen molar-refractivity contribution in [1.29, 1.82) is 0 Å². The molecule has 3 heteroatoms. The van der Waals surface area contributed by atoms with Crippen molar-refractivity contribution in [2.45, 2.75) is 26.8 Å². The molecular weight excluding hydrogens is 212 g/mol. The molecule has 2 N–H and O–H groups in total. The van der Waals surface area contributed by atoms with Crippen molar-refractivity contribution in [2.24, 2.45) is 5.92 Å². The Kier molecular flexibility index (Phi) is 5.29. The molecule has 1 aromatic rings. The van der Waals surface area contributed by atoms with E-state index in [1.807, 2.05) is 18.2 Å². The molecule has 0 bridgehead atoms. The van der Waals surface area contributed by atoms with Gasteiger partial charge in [0.2, 0.25) is 0 Å². The van der Waals surface area contributed by atoms with Gasteiger partial charge < -0.3 is 15.4 Å². The predicted octanol–water partition coefficient (Wildman–Crippen LogP) is 2.76. The molecule has 0 aromatic heterocycles. The second-order valence-corrected chi connectivity index (χ2v) is 4.78. The normalized spacial score (nSPS) is 12.8. The highest BCUT2D eigenvalue weighted by Gasteiger charge is 2.09. The molecule has 0 amide bonds. The maximum Gasteiger partial charge on any atom is 0.123 e. The third kappa shape index (κ3) is 4.27. The lowest BCUT2D eigenvalue weighted by molar-refractivity contribution is 0.271. The van der Waals surface area contributed by atoms with Crippen molar-refractivity contribution in [1.82, 2.24) is 4.90 Å². The molecule has 1 unspecified atom stereocenters. The monoisotopic (exact) mass is 236 g/mol. The molecule has 96 valence electrons. The number of nitrogens with two attached hydrogens (primary N) is 1. The summed E-state index contributed by atoms with van der Waals surface area (Å²) in [7, 11) is 3.83. The fourth-order valence-electron chi connectivity index (χ4n) is 1.94. The first-order valence-electron chi connectivity index (χ1n) is 6.17. The number of rotatable bonds is 6. The standard InChI is InChI=1S/C14H24N2O/c1-5-11(2)9-16(3)10-12-8-13(15)6-7-14(12)17-4/h6-8,11H,5,9-10,15H2,1-4H3. The third-order valence-electron chi connectivity index (χ3n) is 3.06. The summed E-state index contributed by atoms with van der Waals surface area (Å²) in [4.78, 5) is 2.31. The van der Waals surface area contributed by atoms with Crippen LogP contribution in [0.5, 0.6) is 5.75 Å². The van der Waals surface area contributed by atoms with Gasteiger partial charge in [-0.3, -0.25) is 0 Å². The second-order valence-electron chi connectivity index (χ2n) is 4.78. The first kappa shape index (κ1) is 13.8. The van der Waals surface area contributed by atoms with Crippen LogP contribution in [0.15, 0.2) is 18.2 Å². The molecule has 3 nitrogen and oxygen atoms in total. The summed E-state index contributed by atoms with van der Waals surface area (Å²) >= 11 is 0. The van der Waals surface area contributed by atoms with Crippen molar-refractivity contribution in [3.63, 3.8) is 0 Å². The van der Waals surface area contributed by atoms with Gasteiger partial charge in [-0.1, -0.05) is 20.3 Å². The van der Waals surface area contributed by atoms with E-state index in [1.165, 1.54) is 6.42 Å². The van der Waals surface area contributed by atoms with Gasteiger partial charge in [-0.2, -0.15) is 0 Å². The van der Waals surface area contributed by atoms with Crippen LogP contribution >= 0.6 is 0 Å². The summed E-state index contributed by atoms with van der Waals surface area (Å²) in [6, 6.07) is 5.80. The number of anilines is 1. The summed E-state index contributed by atoms with van der Waals surface area (Å²) in [5, 5.41) is 0. The molecule has 0 aliphatic carbocycles. The van der Waals surface area contributed by atoms with E-state index < -0.39 is 0 Å². The Bertz CT molecular complexity index is 352. The van der Waals surface area contributed by atoms with Crippen LogP contribution in [0.2, 0.25) is 0 Å². The van der Waals surface area contributed by atoms with Crippen LogP contribution in [0.4, 0.5) is 5.69 Å². The minimum Gasteiger partial charge on any atom is -0.496 e. The molecule has 0 aliphatic rings. The Labute approximate surface area is 105 Å². The van der Waals surface area contributed by atoms with Crippen LogP contribution in [-0.4, -0.2) is 25.6 Å². The van der Waals surface area contributed by atoms with Gasteiger partial charge in [0, 0.05) is 24.3 Å². The highest BCUT2D eigenvalue weighted by molar-refractivity contribution is 5.47. The van der Waals surface area contributed by atoms with Gasteiger partial charge in [0.25, 0.3) is 0 Å². The second kappa shape index (κ2) is 6.50. The van der Waals surface area contributed by atoms with Crippen molar-refractivity contribution < 1.29 is 4.74 Å². The number of nitrogen functional groups attached to an aromatic ring is 1. The summed E-state index contributed by atoms with van der Waals surface area (Å²) in [6.07, 6.45) is 1.21. The topological polar surface area (TPSA) is 38.5 Å². The summed E-state index contributed by atoms with van der Waals surface area (Å²) < 4.78 is 5.35. The average molecular weight is 236 g/mol. The molecule has 0 aliphatic heterocycles. The highest BCUT2D eigenvalue weighted by atomic mass is 16.5. The van der Waals surface area contributed by atoms with E-state index in [0.29, 0.717) is 5.92 Å². The molecule has 0 radical (unpaired) electrons. The maximum absolute atomic E-state index is 5.81. The van der Waals surface area contributed by atoms with Gasteiger partial charge in [0.15, 0.2) is 0 Å². The van der Waals surface area contributed by atoms with E-state index in [0.717, 1.165) is 30.1 Å². The number of ether oxygens (including phenoxy) is 1. The van der Waals surface area contributed by atoms with E-state index in [2.05, 4.69) is 25.8 Å². The Morgan fingerprint density at radius 1 is 1.41 bits per heavy atom. The van der Waals surface area contributed by atoms with E-state index in [9.17, 15) is 0 Å². The number of nitrogens with zero attached hydrogens (tertiary/aromatic N) is 1. The Morgan fingerprint density at radius 2 is 2.12 bits per heavy atom. The van der Waals surface area contributed by atoms with Gasteiger partial charge in [-0.25, -0.2) is 0 Å². The fourth-order valence-corrected chi connectivity index (χ4v) is 1.94. The first-order chi connectivity index (χ1) is 8.06. The maximum atomic E-state index is 5.81. The number of hydrogen-bond acceptors (Lipinski definition) is 3. The van der Waals surface area contributed by atoms with Crippen molar-refractivity contribution >= 4 is 5.69 Å². The molecule has 1 aromatic carbocycles. The lowest BCUT2D eigenvalue weighted by Crippen LogP contribution is -2.24. The van der Waals surface area contributed by atoms with Crippen molar-refractivity contribution in [3.05, 3.63) is 23.8 Å².